The zero-order chi connectivity index (χ0) is 16.4. The fraction of sp³-hybridized carbons (Fsp3) is 0.188. The number of nitrogens with zero attached hydrogens (tertiary/aromatic N) is 6. The van der Waals surface area contributed by atoms with E-state index in [4.69, 9.17) is 0 Å². The van der Waals surface area contributed by atoms with E-state index < -0.39 is 5.92 Å². The summed E-state index contributed by atoms with van der Waals surface area (Å²) in [6.45, 7) is 0. The van der Waals surface area contributed by atoms with E-state index in [2.05, 4.69) is 15.3 Å². The van der Waals surface area contributed by atoms with E-state index in [0.717, 1.165) is 5.56 Å². The quantitative estimate of drug-likeness (QED) is 0.684. The van der Waals surface area contributed by atoms with Crippen molar-refractivity contribution in [3.05, 3.63) is 54.1 Å². The van der Waals surface area contributed by atoms with Gasteiger partial charge in [0.2, 0.25) is 0 Å². The highest BCUT2D eigenvalue weighted by Crippen LogP contribution is 2.23. The van der Waals surface area contributed by atoms with Crippen LogP contribution in [0.15, 0.2) is 42.7 Å². The molecule has 0 N–H and O–H groups in total. The molecule has 0 aliphatic heterocycles. The number of hydrogen-bond acceptors (Lipinski definition) is 5. The average molecular weight is 306 g/mol. The maximum atomic E-state index is 12.5. The summed E-state index contributed by atoms with van der Waals surface area (Å²) in [4.78, 5) is 12.5. The molecule has 0 saturated heterocycles. The van der Waals surface area contributed by atoms with Crippen LogP contribution in [-0.2, 0) is 14.1 Å². The van der Waals surface area contributed by atoms with E-state index in [9.17, 15) is 10.1 Å². The normalized spacial score (nSPS) is 11.9. The Balaban J connectivity index is 1.99. The molecule has 2 heterocycles. The molecule has 7 nitrogen and oxygen atoms in total. The monoisotopic (exact) mass is 306 g/mol. The minimum absolute atomic E-state index is 0.320. The first-order chi connectivity index (χ1) is 11.1. The third-order valence-corrected chi connectivity index (χ3v) is 3.58. The molecule has 0 bridgehead atoms. The Morgan fingerprint density at radius 2 is 1.96 bits per heavy atom. The molecule has 0 aliphatic rings. The molecule has 0 spiro atoms. The van der Waals surface area contributed by atoms with Crippen molar-refractivity contribution in [3.63, 3.8) is 0 Å². The van der Waals surface area contributed by atoms with Gasteiger partial charge in [0.1, 0.15) is 0 Å². The number of nitriles is 1. The molecule has 0 unspecified atom stereocenters. The minimum Gasteiger partial charge on any atom is -0.313 e. The zero-order valence-electron chi connectivity index (χ0n) is 12.7. The van der Waals surface area contributed by atoms with Gasteiger partial charge in [0.15, 0.2) is 23.3 Å². The van der Waals surface area contributed by atoms with Crippen LogP contribution in [0.3, 0.4) is 0 Å². The lowest BCUT2D eigenvalue weighted by atomic mass is 10.0. The van der Waals surface area contributed by atoms with Crippen molar-refractivity contribution in [2.24, 2.45) is 14.1 Å². The van der Waals surface area contributed by atoms with E-state index in [1.54, 1.807) is 24.9 Å². The second-order valence-electron chi connectivity index (χ2n) is 5.14. The van der Waals surface area contributed by atoms with Gasteiger partial charge in [-0.15, -0.1) is 10.2 Å². The van der Waals surface area contributed by atoms with Gasteiger partial charge in [-0.2, -0.15) is 10.4 Å². The average Bonchev–Trinajstić information content (AvgIpc) is 3.16. The number of hydrogen-bond donors (Lipinski definition) is 0. The smallest absolute Gasteiger partial charge is 0.190 e. The number of aryl methyl sites for hydroxylation is 1. The number of ketones is 1. The second kappa shape index (κ2) is 5.85. The van der Waals surface area contributed by atoms with Gasteiger partial charge in [0.05, 0.1) is 17.8 Å². The Kier molecular flexibility index (Phi) is 3.73. The summed E-state index contributed by atoms with van der Waals surface area (Å²) in [5.41, 5.74) is 1.25. The molecule has 23 heavy (non-hydrogen) atoms. The fourth-order valence-electron chi connectivity index (χ4n) is 2.38. The largest absolute Gasteiger partial charge is 0.313 e. The molecule has 3 rings (SSSR count). The van der Waals surface area contributed by atoms with Gasteiger partial charge in [-0.1, -0.05) is 30.3 Å². The molecule has 2 aromatic heterocycles. The zero-order valence-corrected chi connectivity index (χ0v) is 12.7. The Labute approximate surface area is 132 Å². The van der Waals surface area contributed by atoms with Crippen LogP contribution in [0.1, 0.15) is 22.1 Å². The summed E-state index contributed by atoms with van der Waals surface area (Å²) in [5.74, 6) is -0.426. The van der Waals surface area contributed by atoms with Gasteiger partial charge in [0.25, 0.3) is 0 Å². The van der Waals surface area contributed by atoms with Crippen LogP contribution in [0.5, 0.6) is 0 Å². The molecule has 3 aromatic rings. The Morgan fingerprint density at radius 1 is 1.22 bits per heavy atom. The lowest BCUT2D eigenvalue weighted by molar-refractivity contribution is 0.0975. The van der Waals surface area contributed by atoms with Crippen LogP contribution in [0.2, 0.25) is 0 Å². The number of carbonyl (C=O) groups is 1. The predicted molar refractivity (Wildman–Crippen MR) is 82.3 cm³/mol. The van der Waals surface area contributed by atoms with Crippen molar-refractivity contribution in [1.29, 1.82) is 5.26 Å². The molecular formula is C16H14N6O. The van der Waals surface area contributed by atoms with E-state index in [1.807, 2.05) is 36.4 Å². The third kappa shape index (κ3) is 2.62. The Hall–Kier alpha value is -3.27. The Bertz CT molecular complexity index is 887. The number of rotatable bonds is 4. The van der Waals surface area contributed by atoms with Crippen LogP contribution in [0, 0.1) is 11.3 Å². The first-order valence-corrected chi connectivity index (χ1v) is 6.99. The first-order valence-electron chi connectivity index (χ1n) is 6.99. The van der Waals surface area contributed by atoms with Gasteiger partial charge >= 0.3 is 0 Å². The van der Waals surface area contributed by atoms with Crippen LogP contribution in [0.25, 0.3) is 11.4 Å². The fourth-order valence-corrected chi connectivity index (χ4v) is 2.38. The summed E-state index contributed by atoms with van der Waals surface area (Å²) >= 11 is 0. The molecule has 114 valence electrons. The number of aromatic nitrogens is 5. The van der Waals surface area contributed by atoms with E-state index in [0.29, 0.717) is 17.2 Å². The molecule has 1 atom stereocenters. The predicted octanol–water partition coefficient (Wildman–Crippen LogP) is 1.71. The van der Waals surface area contributed by atoms with Crippen molar-refractivity contribution in [2.45, 2.75) is 5.92 Å². The summed E-state index contributed by atoms with van der Waals surface area (Å²) in [6, 6.07) is 11.5. The summed E-state index contributed by atoms with van der Waals surface area (Å²) in [5, 5.41) is 21.6. The van der Waals surface area contributed by atoms with Crippen LogP contribution in [0.4, 0.5) is 0 Å². The van der Waals surface area contributed by atoms with Crippen LogP contribution in [-0.4, -0.2) is 30.3 Å². The lowest BCUT2D eigenvalue weighted by Crippen LogP contribution is -2.15. The van der Waals surface area contributed by atoms with Crippen molar-refractivity contribution in [1.82, 2.24) is 24.5 Å². The maximum absolute atomic E-state index is 12.5. The molecule has 0 saturated carbocycles. The minimum atomic E-state index is -1.02. The highest BCUT2D eigenvalue weighted by Gasteiger charge is 2.28. The van der Waals surface area contributed by atoms with Gasteiger partial charge in [-0.05, 0) is 0 Å². The molecule has 0 fully saturated rings. The van der Waals surface area contributed by atoms with Gasteiger partial charge in [-0.3, -0.25) is 9.48 Å². The number of benzene rings is 1. The number of carbonyl (C=O) groups excluding carboxylic acids is 1. The number of Topliss-reactive ketones (excluding diaryl/α,β-unsaturated/α-hetero) is 1. The molecule has 0 radical (unpaired) electrons. The maximum Gasteiger partial charge on any atom is 0.190 e. The third-order valence-electron chi connectivity index (χ3n) is 3.58. The summed E-state index contributed by atoms with van der Waals surface area (Å²) in [7, 11) is 3.46. The van der Waals surface area contributed by atoms with Crippen molar-refractivity contribution < 1.29 is 4.79 Å². The Morgan fingerprint density at radius 3 is 2.57 bits per heavy atom. The molecule has 0 aliphatic carbocycles. The lowest BCUT2D eigenvalue weighted by Gasteiger charge is -2.07. The molecule has 1 aromatic carbocycles. The van der Waals surface area contributed by atoms with Crippen molar-refractivity contribution in [3.8, 4) is 17.5 Å². The first kappa shape index (κ1) is 14.7. The highest BCUT2D eigenvalue weighted by atomic mass is 16.1. The van der Waals surface area contributed by atoms with Gasteiger partial charge in [0, 0.05) is 25.9 Å². The standard InChI is InChI=1S/C16H14N6O/c1-21-10-12(9-18-21)14(23)13(8-17)16-20-19-15(22(16)2)11-6-4-3-5-7-11/h3-7,9-10,13H,1-2H3/t13-/m1/s1. The molecule has 7 heteroatoms. The van der Waals surface area contributed by atoms with Crippen molar-refractivity contribution >= 4 is 5.78 Å². The van der Waals surface area contributed by atoms with E-state index >= 15 is 0 Å². The molecular weight excluding hydrogens is 292 g/mol. The van der Waals surface area contributed by atoms with Crippen molar-refractivity contribution in [2.75, 3.05) is 0 Å². The van der Waals surface area contributed by atoms with Gasteiger partial charge in [-0.25, -0.2) is 0 Å². The summed E-state index contributed by atoms with van der Waals surface area (Å²) < 4.78 is 3.20. The van der Waals surface area contributed by atoms with E-state index in [-0.39, 0.29) is 5.78 Å². The van der Waals surface area contributed by atoms with Crippen LogP contribution >= 0.6 is 0 Å². The topological polar surface area (TPSA) is 89.4 Å². The molecule has 0 amide bonds. The van der Waals surface area contributed by atoms with Crippen LogP contribution < -0.4 is 0 Å². The second-order valence-corrected chi connectivity index (χ2v) is 5.14. The van der Waals surface area contributed by atoms with Gasteiger partial charge < -0.3 is 4.57 Å². The summed E-state index contributed by atoms with van der Waals surface area (Å²) in [6.07, 6.45) is 3.03. The van der Waals surface area contributed by atoms with E-state index in [1.165, 1.54) is 10.9 Å². The highest BCUT2D eigenvalue weighted by molar-refractivity contribution is 6.02. The SMILES string of the molecule is Cn1cc(C(=O)[C@@H](C#N)c2nnc(-c3ccccc3)n2C)cn1.